The Hall–Kier alpha value is -1.57. The SMILES string of the molecule is CC/C(C(=O)O)=C1\c2ccccc2CC1(C)C. The van der Waals surface area contributed by atoms with Crippen LogP contribution in [0.25, 0.3) is 5.57 Å². The number of allylic oxidation sites excluding steroid dienone is 1. The Labute approximate surface area is 102 Å². The molecule has 0 spiro atoms. The molecular formula is C15H18O2. The maximum atomic E-state index is 11.4. The molecule has 1 aromatic rings. The maximum Gasteiger partial charge on any atom is 0.331 e. The third-order valence-corrected chi connectivity index (χ3v) is 3.51. The lowest BCUT2D eigenvalue weighted by Crippen LogP contribution is -2.14. The molecule has 0 atom stereocenters. The summed E-state index contributed by atoms with van der Waals surface area (Å²) in [5.74, 6) is -0.785. The maximum absolute atomic E-state index is 11.4. The van der Waals surface area contributed by atoms with Crippen LogP contribution in [0.1, 0.15) is 38.3 Å². The fraction of sp³-hybridized carbons (Fsp3) is 0.400. The Morgan fingerprint density at radius 3 is 2.59 bits per heavy atom. The summed E-state index contributed by atoms with van der Waals surface area (Å²) in [6.45, 7) is 6.16. The summed E-state index contributed by atoms with van der Waals surface area (Å²) in [5.41, 5.74) is 3.88. The highest BCUT2D eigenvalue weighted by atomic mass is 16.4. The van der Waals surface area contributed by atoms with Crippen LogP contribution in [0.15, 0.2) is 29.8 Å². The molecule has 0 amide bonds. The number of fused-ring (bicyclic) bond motifs is 1. The van der Waals surface area contributed by atoms with Gasteiger partial charge in [-0.15, -0.1) is 0 Å². The largest absolute Gasteiger partial charge is 0.478 e. The molecule has 17 heavy (non-hydrogen) atoms. The van der Waals surface area contributed by atoms with Crippen molar-refractivity contribution in [2.24, 2.45) is 5.41 Å². The lowest BCUT2D eigenvalue weighted by atomic mass is 9.81. The second-order valence-corrected chi connectivity index (χ2v) is 5.23. The zero-order valence-electron chi connectivity index (χ0n) is 10.6. The van der Waals surface area contributed by atoms with E-state index in [1.807, 2.05) is 25.1 Å². The van der Waals surface area contributed by atoms with Crippen molar-refractivity contribution >= 4 is 11.5 Å². The average Bonchev–Trinajstić information content (AvgIpc) is 2.51. The van der Waals surface area contributed by atoms with E-state index < -0.39 is 5.97 Å². The molecule has 0 saturated heterocycles. The highest BCUT2D eigenvalue weighted by Crippen LogP contribution is 2.48. The minimum absolute atomic E-state index is 0.0760. The smallest absolute Gasteiger partial charge is 0.331 e. The van der Waals surface area contributed by atoms with E-state index in [4.69, 9.17) is 0 Å². The summed E-state index contributed by atoms with van der Waals surface area (Å²) < 4.78 is 0. The minimum atomic E-state index is -0.785. The number of hydrogen-bond donors (Lipinski definition) is 1. The van der Waals surface area contributed by atoms with E-state index in [0.717, 1.165) is 17.6 Å². The van der Waals surface area contributed by atoms with Gasteiger partial charge in [0.05, 0.1) is 0 Å². The third kappa shape index (κ3) is 1.88. The summed E-state index contributed by atoms with van der Waals surface area (Å²) in [6.07, 6.45) is 1.50. The molecular weight excluding hydrogens is 212 g/mol. The second-order valence-electron chi connectivity index (χ2n) is 5.23. The van der Waals surface area contributed by atoms with Crippen molar-refractivity contribution in [1.29, 1.82) is 0 Å². The van der Waals surface area contributed by atoms with Crippen molar-refractivity contribution in [3.8, 4) is 0 Å². The van der Waals surface area contributed by atoms with Gasteiger partial charge in [0.2, 0.25) is 0 Å². The van der Waals surface area contributed by atoms with Gasteiger partial charge in [-0.05, 0) is 35.0 Å². The molecule has 2 rings (SSSR count). The Morgan fingerprint density at radius 1 is 1.35 bits per heavy atom. The van der Waals surface area contributed by atoms with Gasteiger partial charge in [-0.25, -0.2) is 4.79 Å². The zero-order valence-corrected chi connectivity index (χ0v) is 10.6. The molecule has 0 aliphatic heterocycles. The number of carbonyl (C=O) groups is 1. The number of carboxylic acids is 1. The Bertz CT molecular complexity index is 495. The van der Waals surface area contributed by atoms with E-state index in [2.05, 4.69) is 19.9 Å². The molecule has 2 heteroatoms. The first-order chi connectivity index (χ1) is 7.97. The molecule has 1 N–H and O–H groups in total. The van der Waals surface area contributed by atoms with E-state index >= 15 is 0 Å². The van der Waals surface area contributed by atoms with Crippen molar-refractivity contribution in [3.63, 3.8) is 0 Å². The molecule has 2 nitrogen and oxygen atoms in total. The molecule has 1 aliphatic rings. The van der Waals surface area contributed by atoms with Crippen LogP contribution in [0.4, 0.5) is 0 Å². The molecule has 0 aromatic heterocycles. The van der Waals surface area contributed by atoms with Crippen LogP contribution < -0.4 is 0 Å². The van der Waals surface area contributed by atoms with E-state index in [9.17, 15) is 9.90 Å². The van der Waals surface area contributed by atoms with Crippen molar-refractivity contribution in [3.05, 3.63) is 41.0 Å². The summed E-state index contributed by atoms with van der Waals surface area (Å²) in [7, 11) is 0. The number of carboxylic acid groups (broad SMARTS) is 1. The van der Waals surface area contributed by atoms with E-state index in [1.165, 1.54) is 5.56 Å². The Kier molecular flexibility index (Phi) is 2.82. The summed E-state index contributed by atoms with van der Waals surface area (Å²) >= 11 is 0. The van der Waals surface area contributed by atoms with Gasteiger partial charge in [-0.1, -0.05) is 45.0 Å². The van der Waals surface area contributed by atoms with Crippen LogP contribution in [-0.2, 0) is 11.2 Å². The molecule has 0 bridgehead atoms. The normalized spacial score (nSPS) is 19.9. The van der Waals surface area contributed by atoms with Crippen LogP contribution in [0.5, 0.6) is 0 Å². The van der Waals surface area contributed by atoms with Gasteiger partial charge in [-0.2, -0.15) is 0 Å². The van der Waals surface area contributed by atoms with Crippen molar-refractivity contribution in [2.75, 3.05) is 0 Å². The van der Waals surface area contributed by atoms with Crippen LogP contribution in [-0.4, -0.2) is 11.1 Å². The Morgan fingerprint density at radius 2 is 2.00 bits per heavy atom. The summed E-state index contributed by atoms with van der Waals surface area (Å²) in [6, 6.07) is 8.14. The van der Waals surface area contributed by atoms with Crippen molar-refractivity contribution in [1.82, 2.24) is 0 Å². The van der Waals surface area contributed by atoms with Gasteiger partial charge >= 0.3 is 5.97 Å². The first-order valence-electron chi connectivity index (χ1n) is 6.02. The fourth-order valence-corrected chi connectivity index (χ4v) is 2.85. The van der Waals surface area contributed by atoms with Gasteiger partial charge in [0, 0.05) is 5.57 Å². The Balaban J connectivity index is 2.70. The monoisotopic (exact) mass is 230 g/mol. The fourth-order valence-electron chi connectivity index (χ4n) is 2.85. The predicted octanol–water partition coefficient (Wildman–Crippen LogP) is 3.52. The zero-order chi connectivity index (χ0) is 12.6. The van der Waals surface area contributed by atoms with E-state index in [1.54, 1.807) is 0 Å². The molecule has 1 aromatic carbocycles. The van der Waals surface area contributed by atoms with E-state index in [0.29, 0.717) is 12.0 Å². The first kappa shape index (κ1) is 11.9. The van der Waals surface area contributed by atoms with Crippen LogP contribution in [0.3, 0.4) is 0 Å². The minimum Gasteiger partial charge on any atom is -0.478 e. The van der Waals surface area contributed by atoms with Crippen molar-refractivity contribution < 1.29 is 9.90 Å². The summed E-state index contributed by atoms with van der Waals surface area (Å²) in [4.78, 5) is 11.4. The average molecular weight is 230 g/mol. The molecule has 0 unspecified atom stereocenters. The number of aliphatic carboxylic acids is 1. The molecule has 0 heterocycles. The molecule has 0 saturated carbocycles. The standard InChI is InChI=1S/C15H18O2/c1-4-11(14(16)17)13-12-8-6-5-7-10(12)9-15(13,2)3/h5-8H,4,9H2,1-3H3,(H,16,17)/b13-11-. The highest BCUT2D eigenvalue weighted by Gasteiger charge is 2.36. The highest BCUT2D eigenvalue weighted by molar-refractivity contribution is 5.99. The lowest BCUT2D eigenvalue weighted by Gasteiger charge is -2.22. The topological polar surface area (TPSA) is 37.3 Å². The van der Waals surface area contributed by atoms with E-state index in [-0.39, 0.29) is 5.41 Å². The molecule has 90 valence electrons. The van der Waals surface area contributed by atoms with Gasteiger partial charge in [0.15, 0.2) is 0 Å². The van der Waals surface area contributed by atoms with Crippen LogP contribution in [0, 0.1) is 5.41 Å². The molecule has 0 radical (unpaired) electrons. The van der Waals surface area contributed by atoms with Gasteiger partial charge in [-0.3, -0.25) is 0 Å². The van der Waals surface area contributed by atoms with Gasteiger partial charge in [0.25, 0.3) is 0 Å². The quantitative estimate of drug-likeness (QED) is 0.789. The number of benzene rings is 1. The number of rotatable bonds is 2. The number of hydrogen-bond acceptors (Lipinski definition) is 1. The predicted molar refractivity (Wildman–Crippen MR) is 68.8 cm³/mol. The molecule has 1 aliphatic carbocycles. The van der Waals surface area contributed by atoms with Crippen molar-refractivity contribution in [2.45, 2.75) is 33.6 Å². The lowest BCUT2D eigenvalue weighted by molar-refractivity contribution is -0.132. The third-order valence-electron chi connectivity index (χ3n) is 3.51. The second kappa shape index (κ2) is 4.02. The molecule has 0 fully saturated rings. The summed E-state index contributed by atoms with van der Waals surface area (Å²) in [5, 5.41) is 9.33. The van der Waals surface area contributed by atoms with Crippen LogP contribution in [0.2, 0.25) is 0 Å². The van der Waals surface area contributed by atoms with Gasteiger partial charge in [0.1, 0.15) is 0 Å². The van der Waals surface area contributed by atoms with Gasteiger partial charge < -0.3 is 5.11 Å². The first-order valence-corrected chi connectivity index (χ1v) is 6.02. The van der Waals surface area contributed by atoms with Crippen LogP contribution >= 0.6 is 0 Å².